The molecule has 1 aromatic carbocycles. The molecule has 0 unspecified atom stereocenters. The van der Waals surface area contributed by atoms with Gasteiger partial charge in [-0.1, -0.05) is 30.3 Å². The lowest BCUT2D eigenvalue weighted by molar-refractivity contribution is -0.141. The van der Waals surface area contributed by atoms with Gasteiger partial charge in [0.1, 0.15) is 16.9 Å². The highest BCUT2D eigenvalue weighted by atomic mass is 79.9. The average Bonchev–Trinajstić information content (AvgIpc) is 2.37. The lowest BCUT2D eigenvalue weighted by Crippen LogP contribution is -2.08. The number of ether oxygens (including phenoxy) is 1. The van der Waals surface area contributed by atoms with Gasteiger partial charge in [0.25, 0.3) is 0 Å². The second-order valence-electron chi connectivity index (χ2n) is 3.76. The van der Waals surface area contributed by atoms with Crippen molar-refractivity contribution in [3.8, 4) is 5.75 Å². The predicted molar refractivity (Wildman–Crippen MR) is 67.7 cm³/mol. The largest absolute Gasteiger partial charge is 0.486 e. The molecule has 0 N–H and O–H groups in total. The zero-order valence-corrected chi connectivity index (χ0v) is 11.2. The van der Waals surface area contributed by atoms with Gasteiger partial charge < -0.3 is 4.74 Å². The summed E-state index contributed by atoms with van der Waals surface area (Å²) in [6.07, 6.45) is -4.46. The van der Waals surface area contributed by atoms with Crippen molar-refractivity contribution in [1.29, 1.82) is 0 Å². The first-order chi connectivity index (χ1) is 8.97. The molecule has 2 rings (SSSR count). The van der Waals surface area contributed by atoms with E-state index in [0.717, 1.165) is 11.6 Å². The Labute approximate surface area is 116 Å². The smallest absolute Gasteiger partial charge is 0.433 e. The molecule has 0 fully saturated rings. The number of hydrogen-bond acceptors (Lipinski definition) is 2. The van der Waals surface area contributed by atoms with Crippen LogP contribution in [-0.4, -0.2) is 4.98 Å². The molecule has 0 aliphatic heterocycles. The fourth-order valence-electron chi connectivity index (χ4n) is 1.42. The van der Waals surface area contributed by atoms with Crippen LogP contribution in [-0.2, 0) is 12.8 Å². The number of hydrogen-bond donors (Lipinski definition) is 0. The van der Waals surface area contributed by atoms with Crippen LogP contribution in [0.4, 0.5) is 13.2 Å². The minimum Gasteiger partial charge on any atom is -0.486 e. The number of aromatic nitrogens is 1. The van der Waals surface area contributed by atoms with Gasteiger partial charge in [-0.3, -0.25) is 0 Å². The van der Waals surface area contributed by atoms with Crippen molar-refractivity contribution in [2.45, 2.75) is 12.8 Å². The van der Waals surface area contributed by atoms with Crippen molar-refractivity contribution in [2.24, 2.45) is 0 Å². The maximum absolute atomic E-state index is 12.4. The van der Waals surface area contributed by atoms with Crippen LogP contribution in [0.5, 0.6) is 5.75 Å². The van der Waals surface area contributed by atoms with E-state index in [1.165, 1.54) is 6.07 Å². The molecule has 2 aromatic rings. The van der Waals surface area contributed by atoms with Crippen LogP contribution in [0.15, 0.2) is 47.1 Å². The SMILES string of the molecule is FC(F)(F)c1ccc(OCc2ccccc2)c(Br)n1. The van der Waals surface area contributed by atoms with E-state index >= 15 is 0 Å². The second kappa shape index (κ2) is 5.61. The molecule has 6 heteroatoms. The average molecular weight is 332 g/mol. The zero-order chi connectivity index (χ0) is 13.9. The Balaban J connectivity index is 2.10. The van der Waals surface area contributed by atoms with Crippen molar-refractivity contribution in [2.75, 3.05) is 0 Å². The quantitative estimate of drug-likeness (QED) is 0.775. The fraction of sp³-hybridized carbons (Fsp3) is 0.154. The standard InChI is InChI=1S/C13H9BrF3NO/c14-12-10(6-7-11(18-12)13(15,16)17)19-8-9-4-2-1-3-5-9/h1-7H,8H2. The van der Waals surface area contributed by atoms with Gasteiger partial charge in [0, 0.05) is 0 Å². The summed E-state index contributed by atoms with van der Waals surface area (Å²) in [5.74, 6) is 0.275. The molecule has 0 aliphatic carbocycles. The minimum atomic E-state index is -4.46. The van der Waals surface area contributed by atoms with Crippen molar-refractivity contribution in [3.63, 3.8) is 0 Å². The van der Waals surface area contributed by atoms with E-state index in [1.54, 1.807) is 0 Å². The maximum Gasteiger partial charge on any atom is 0.433 e. The van der Waals surface area contributed by atoms with Crippen LogP contribution in [0.2, 0.25) is 0 Å². The van der Waals surface area contributed by atoms with Gasteiger partial charge in [-0.2, -0.15) is 13.2 Å². The number of halogens is 4. The number of nitrogens with zero attached hydrogens (tertiary/aromatic N) is 1. The highest BCUT2D eigenvalue weighted by molar-refractivity contribution is 9.10. The number of rotatable bonds is 3. The van der Waals surface area contributed by atoms with E-state index in [0.29, 0.717) is 0 Å². The van der Waals surface area contributed by atoms with Crippen molar-refractivity contribution >= 4 is 15.9 Å². The first-order valence-corrected chi connectivity index (χ1v) is 6.16. The molecule has 19 heavy (non-hydrogen) atoms. The topological polar surface area (TPSA) is 22.1 Å². The molecule has 0 spiro atoms. The molecule has 0 saturated carbocycles. The fourth-order valence-corrected chi connectivity index (χ4v) is 1.86. The van der Waals surface area contributed by atoms with Crippen LogP contribution >= 0.6 is 15.9 Å². The van der Waals surface area contributed by atoms with Gasteiger partial charge in [0.2, 0.25) is 0 Å². The summed E-state index contributed by atoms with van der Waals surface area (Å²) >= 11 is 2.98. The van der Waals surface area contributed by atoms with E-state index < -0.39 is 11.9 Å². The second-order valence-corrected chi connectivity index (χ2v) is 4.51. The summed E-state index contributed by atoms with van der Waals surface area (Å²) in [6, 6.07) is 11.5. The Bertz CT molecular complexity index is 558. The third-order valence-electron chi connectivity index (χ3n) is 2.34. The van der Waals surface area contributed by atoms with Gasteiger partial charge in [-0.15, -0.1) is 0 Å². The monoisotopic (exact) mass is 331 g/mol. The predicted octanol–water partition coefficient (Wildman–Crippen LogP) is 4.44. The Kier molecular flexibility index (Phi) is 4.09. The summed E-state index contributed by atoms with van der Waals surface area (Å²) in [4.78, 5) is 3.42. The van der Waals surface area contributed by atoms with Crippen LogP contribution < -0.4 is 4.74 Å². The summed E-state index contributed by atoms with van der Waals surface area (Å²) in [6.45, 7) is 0.270. The maximum atomic E-state index is 12.4. The summed E-state index contributed by atoms with van der Waals surface area (Å²) < 4.78 is 42.7. The van der Waals surface area contributed by atoms with Gasteiger partial charge >= 0.3 is 6.18 Å². The lowest BCUT2D eigenvalue weighted by atomic mass is 10.2. The van der Waals surface area contributed by atoms with Gasteiger partial charge in [0.05, 0.1) is 0 Å². The number of benzene rings is 1. The molecule has 2 nitrogen and oxygen atoms in total. The molecule has 0 bridgehead atoms. The normalized spacial score (nSPS) is 11.4. The number of alkyl halides is 3. The molecule has 0 amide bonds. The van der Waals surface area contributed by atoms with E-state index in [4.69, 9.17) is 4.74 Å². The first kappa shape index (κ1) is 13.9. The first-order valence-electron chi connectivity index (χ1n) is 5.37. The Morgan fingerprint density at radius 3 is 2.32 bits per heavy atom. The molecule has 0 radical (unpaired) electrons. The molecule has 100 valence electrons. The molecule has 0 atom stereocenters. The van der Waals surface area contributed by atoms with Crippen LogP contribution in [0.25, 0.3) is 0 Å². The van der Waals surface area contributed by atoms with Crippen molar-refractivity contribution < 1.29 is 17.9 Å². The van der Waals surface area contributed by atoms with E-state index in [9.17, 15) is 13.2 Å². The summed E-state index contributed by atoms with van der Waals surface area (Å²) in [7, 11) is 0. The Hall–Kier alpha value is -1.56. The molecule has 1 heterocycles. The van der Waals surface area contributed by atoms with E-state index in [1.807, 2.05) is 30.3 Å². The third-order valence-corrected chi connectivity index (χ3v) is 2.91. The van der Waals surface area contributed by atoms with Gasteiger partial charge in [-0.05, 0) is 33.6 Å². The highest BCUT2D eigenvalue weighted by Gasteiger charge is 2.32. The highest BCUT2D eigenvalue weighted by Crippen LogP contribution is 2.32. The molecule has 1 aromatic heterocycles. The molecule has 0 saturated heterocycles. The number of pyridine rings is 1. The molecular formula is C13H9BrF3NO. The van der Waals surface area contributed by atoms with E-state index in [2.05, 4.69) is 20.9 Å². The molecular weight excluding hydrogens is 323 g/mol. The minimum absolute atomic E-state index is 0.0401. The van der Waals surface area contributed by atoms with Crippen molar-refractivity contribution in [1.82, 2.24) is 4.98 Å². The van der Waals surface area contributed by atoms with Crippen LogP contribution in [0.3, 0.4) is 0 Å². The summed E-state index contributed by atoms with van der Waals surface area (Å²) in [5.41, 5.74) is -0.0271. The van der Waals surface area contributed by atoms with E-state index in [-0.39, 0.29) is 17.0 Å². The van der Waals surface area contributed by atoms with Crippen LogP contribution in [0, 0.1) is 0 Å². The molecule has 0 aliphatic rings. The van der Waals surface area contributed by atoms with Crippen LogP contribution in [0.1, 0.15) is 11.3 Å². The zero-order valence-electron chi connectivity index (χ0n) is 9.62. The third kappa shape index (κ3) is 3.70. The lowest BCUT2D eigenvalue weighted by Gasteiger charge is -2.10. The Morgan fingerprint density at radius 1 is 1.05 bits per heavy atom. The van der Waals surface area contributed by atoms with Gasteiger partial charge in [-0.25, -0.2) is 4.98 Å². The summed E-state index contributed by atoms with van der Waals surface area (Å²) in [5, 5.41) is 0. The van der Waals surface area contributed by atoms with Gasteiger partial charge in [0.15, 0.2) is 5.75 Å². The Morgan fingerprint density at radius 2 is 1.74 bits per heavy atom. The van der Waals surface area contributed by atoms with Crippen molar-refractivity contribution in [3.05, 3.63) is 58.3 Å².